The molecule has 0 saturated carbocycles. The number of fused-ring (bicyclic) bond motifs is 1. The monoisotopic (exact) mass is 267 g/mol. The first-order chi connectivity index (χ1) is 9.86. The second kappa shape index (κ2) is 5.75. The van der Waals surface area contributed by atoms with Crippen molar-refractivity contribution in [2.75, 3.05) is 11.9 Å². The summed E-state index contributed by atoms with van der Waals surface area (Å²) in [5.74, 6) is 0.784. The second-order valence-corrected chi connectivity index (χ2v) is 4.80. The molecule has 1 atom stereocenters. The number of aliphatic hydroxyl groups excluding tert-OH is 1. The number of H-pyrrole nitrogens is 1. The quantitative estimate of drug-likeness (QED) is 0.666. The molecule has 3 rings (SSSR count). The van der Waals surface area contributed by atoms with Gasteiger partial charge in [0.1, 0.15) is 5.82 Å². The minimum absolute atomic E-state index is 0.0518. The van der Waals surface area contributed by atoms with Crippen LogP contribution in [0.3, 0.4) is 0 Å². The van der Waals surface area contributed by atoms with Crippen LogP contribution in [0.5, 0.6) is 0 Å². The Hall–Kier alpha value is -2.33. The fraction of sp³-hybridized carbons (Fsp3) is 0.188. The molecule has 0 spiro atoms. The van der Waals surface area contributed by atoms with Crippen molar-refractivity contribution in [1.29, 1.82) is 0 Å². The highest BCUT2D eigenvalue weighted by Gasteiger charge is 2.12. The lowest BCUT2D eigenvalue weighted by atomic mass is 10.1. The van der Waals surface area contributed by atoms with Crippen LogP contribution in [-0.2, 0) is 6.42 Å². The van der Waals surface area contributed by atoms with Crippen LogP contribution in [0.1, 0.15) is 5.56 Å². The molecule has 3 N–H and O–H groups in total. The van der Waals surface area contributed by atoms with E-state index in [1.807, 2.05) is 36.5 Å². The Balaban J connectivity index is 1.78. The fourth-order valence-electron chi connectivity index (χ4n) is 2.38. The highest BCUT2D eigenvalue weighted by Crippen LogP contribution is 2.19. The summed E-state index contributed by atoms with van der Waals surface area (Å²) in [6.45, 7) is 0.0656. The average Bonchev–Trinajstić information content (AvgIpc) is 2.91. The number of nitrogens with zero attached hydrogens (tertiary/aromatic N) is 1. The van der Waals surface area contributed by atoms with Gasteiger partial charge in [-0.3, -0.25) is 0 Å². The number of rotatable bonds is 5. The molecule has 0 aliphatic rings. The van der Waals surface area contributed by atoms with E-state index in [1.165, 1.54) is 10.9 Å². The predicted octanol–water partition coefficient (Wildman–Crippen LogP) is 2.58. The highest BCUT2D eigenvalue weighted by molar-refractivity contribution is 5.83. The zero-order valence-corrected chi connectivity index (χ0v) is 11.1. The Morgan fingerprint density at radius 3 is 2.80 bits per heavy atom. The molecule has 102 valence electrons. The van der Waals surface area contributed by atoms with Crippen molar-refractivity contribution in [1.82, 2.24) is 9.97 Å². The SMILES string of the molecule is OC[C@@H](Cc1c[nH]c2ccccc12)Nc1ccccn1. The minimum atomic E-state index is -0.0518. The van der Waals surface area contributed by atoms with E-state index in [9.17, 15) is 5.11 Å². The van der Waals surface area contributed by atoms with Crippen LogP contribution in [0.2, 0.25) is 0 Å². The molecule has 0 radical (unpaired) electrons. The Morgan fingerprint density at radius 1 is 1.15 bits per heavy atom. The number of benzene rings is 1. The first-order valence-corrected chi connectivity index (χ1v) is 6.70. The summed E-state index contributed by atoms with van der Waals surface area (Å²) < 4.78 is 0. The molecule has 0 unspecified atom stereocenters. The maximum absolute atomic E-state index is 9.56. The zero-order chi connectivity index (χ0) is 13.8. The van der Waals surface area contributed by atoms with Gasteiger partial charge in [-0.25, -0.2) is 4.98 Å². The number of aromatic nitrogens is 2. The lowest BCUT2D eigenvalue weighted by molar-refractivity contribution is 0.273. The molecule has 4 nitrogen and oxygen atoms in total. The number of nitrogens with one attached hydrogen (secondary N) is 2. The molecule has 20 heavy (non-hydrogen) atoms. The lowest BCUT2D eigenvalue weighted by Gasteiger charge is -2.16. The third-order valence-electron chi connectivity index (χ3n) is 3.38. The number of pyridine rings is 1. The Kier molecular flexibility index (Phi) is 3.65. The van der Waals surface area contributed by atoms with E-state index in [1.54, 1.807) is 6.20 Å². The molecule has 0 aliphatic heterocycles. The van der Waals surface area contributed by atoms with Crippen molar-refractivity contribution in [2.24, 2.45) is 0 Å². The van der Waals surface area contributed by atoms with Gasteiger partial charge in [-0.05, 0) is 30.2 Å². The van der Waals surface area contributed by atoms with E-state index < -0.39 is 0 Å². The van der Waals surface area contributed by atoms with Gasteiger partial charge in [0.15, 0.2) is 0 Å². The molecule has 2 aromatic heterocycles. The maximum atomic E-state index is 9.56. The van der Waals surface area contributed by atoms with Gasteiger partial charge in [0.2, 0.25) is 0 Å². The summed E-state index contributed by atoms with van der Waals surface area (Å²) in [7, 11) is 0. The third-order valence-corrected chi connectivity index (χ3v) is 3.38. The van der Waals surface area contributed by atoms with Crippen molar-refractivity contribution >= 4 is 16.7 Å². The number of hydrogen-bond donors (Lipinski definition) is 3. The van der Waals surface area contributed by atoms with E-state index in [4.69, 9.17) is 0 Å². The van der Waals surface area contributed by atoms with Crippen LogP contribution in [-0.4, -0.2) is 27.7 Å². The van der Waals surface area contributed by atoms with E-state index in [0.717, 1.165) is 17.8 Å². The Labute approximate surface area is 117 Å². The lowest BCUT2D eigenvalue weighted by Crippen LogP contribution is -2.26. The molecular weight excluding hydrogens is 250 g/mol. The standard InChI is InChI=1S/C16H17N3O/c20-11-13(19-16-7-3-4-8-17-16)9-12-10-18-15-6-2-1-5-14(12)15/h1-8,10,13,18,20H,9,11H2,(H,17,19)/t13-/m1/s1. The molecule has 0 bridgehead atoms. The van der Waals surface area contributed by atoms with E-state index in [2.05, 4.69) is 27.4 Å². The summed E-state index contributed by atoms with van der Waals surface area (Å²) >= 11 is 0. The zero-order valence-electron chi connectivity index (χ0n) is 11.1. The number of para-hydroxylation sites is 1. The van der Waals surface area contributed by atoms with Crippen LogP contribution < -0.4 is 5.32 Å². The van der Waals surface area contributed by atoms with Crippen LogP contribution in [0.15, 0.2) is 54.9 Å². The highest BCUT2D eigenvalue weighted by atomic mass is 16.3. The molecule has 2 heterocycles. The van der Waals surface area contributed by atoms with Crippen LogP contribution in [0, 0.1) is 0 Å². The van der Waals surface area contributed by atoms with Gasteiger partial charge in [-0.1, -0.05) is 24.3 Å². The number of aliphatic hydroxyl groups is 1. The number of anilines is 1. The first kappa shape index (κ1) is 12.7. The Morgan fingerprint density at radius 2 is 2.00 bits per heavy atom. The van der Waals surface area contributed by atoms with Gasteiger partial charge >= 0.3 is 0 Å². The van der Waals surface area contributed by atoms with E-state index >= 15 is 0 Å². The van der Waals surface area contributed by atoms with Crippen LogP contribution in [0.25, 0.3) is 10.9 Å². The van der Waals surface area contributed by atoms with Crippen molar-refractivity contribution in [2.45, 2.75) is 12.5 Å². The molecule has 0 aliphatic carbocycles. The van der Waals surface area contributed by atoms with Crippen LogP contribution >= 0.6 is 0 Å². The van der Waals surface area contributed by atoms with E-state index in [0.29, 0.717) is 0 Å². The molecule has 1 aromatic carbocycles. The fourth-order valence-corrected chi connectivity index (χ4v) is 2.38. The van der Waals surface area contributed by atoms with Gasteiger partial charge < -0.3 is 15.4 Å². The van der Waals surface area contributed by atoms with Crippen molar-refractivity contribution in [3.05, 3.63) is 60.4 Å². The largest absolute Gasteiger partial charge is 0.394 e. The van der Waals surface area contributed by atoms with Gasteiger partial charge in [0.05, 0.1) is 12.6 Å². The topological polar surface area (TPSA) is 60.9 Å². The molecule has 0 saturated heterocycles. The smallest absolute Gasteiger partial charge is 0.126 e. The molecular formula is C16H17N3O. The summed E-state index contributed by atoms with van der Waals surface area (Å²) in [5, 5.41) is 14.0. The first-order valence-electron chi connectivity index (χ1n) is 6.70. The van der Waals surface area contributed by atoms with Crippen molar-refractivity contribution in [3.8, 4) is 0 Å². The second-order valence-electron chi connectivity index (χ2n) is 4.80. The normalized spacial score (nSPS) is 12.4. The Bertz CT molecular complexity index is 678. The van der Waals surface area contributed by atoms with Crippen LogP contribution in [0.4, 0.5) is 5.82 Å². The maximum Gasteiger partial charge on any atom is 0.126 e. The summed E-state index contributed by atoms with van der Waals surface area (Å²) in [6, 6.07) is 13.8. The summed E-state index contributed by atoms with van der Waals surface area (Å²) in [4.78, 5) is 7.48. The third kappa shape index (κ3) is 2.65. The predicted molar refractivity (Wildman–Crippen MR) is 80.7 cm³/mol. The van der Waals surface area contributed by atoms with Crippen molar-refractivity contribution in [3.63, 3.8) is 0 Å². The number of hydrogen-bond acceptors (Lipinski definition) is 3. The minimum Gasteiger partial charge on any atom is -0.394 e. The summed E-state index contributed by atoms with van der Waals surface area (Å²) in [5.41, 5.74) is 2.32. The van der Waals surface area contributed by atoms with Gasteiger partial charge in [0.25, 0.3) is 0 Å². The van der Waals surface area contributed by atoms with Gasteiger partial charge in [-0.2, -0.15) is 0 Å². The van der Waals surface area contributed by atoms with E-state index in [-0.39, 0.29) is 12.6 Å². The average molecular weight is 267 g/mol. The molecule has 3 aromatic rings. The van der Waals surface area contributed by atoms with Gasteiger partial charge in [-0.15, -0.1) is 0 Å². The van der Waals surface area contributed by atoms with Gasteiger partial charge in [0, 0.05) is 23.3 Å². The molecule has 0 fully saturated rings. The number of aromatic amines is 1. The molecule has 4 heteroatoms. The summed E-state index contributed by atoms with van der Waals surface area (Å²) in [6.07, 6.45) is 4.49. The molecule has 0 amide bonds. The van der Waals surface area contributed by atoms with Crippen molar-refractivity contribution < 1.29 is 5.11 Å².